The van der Waals surface area contributed by atoms with Crippen LogP contribution in [0.3, 0.4) is 0 Å². The van der Waals surface area contributed by atoms with Crippen LogP contribution in [0.4, 0.5) is 0 Å². The van der Waals surface area contributed by atoms with E-state index < -0.39 is 0 Å². The summed E-state index contributed by atoms with van der Waals surface area (Å²) < 4.78 is 6.71. The first-order valence-electron chi connectivity index (χ1n) is 8.30. The van der Waals surface area contributed by atoms with Crippen LogP contribution in [0.1, 0.15) is 44.5 Å². The number of H-pyrrole nitrogens is 1. The van der Waals surface area contributed by atoms with Crippen molar-refractivity contribution < 1.29 is 4.74 Å². The number of aromatic amines is 1. The standard InChI is InChI=1S/C18H21N3O2S/c1-9(2)5-12-11-7-23-18(3,4)6-10(11)13-14-15(24-17(13)21-12)16(22)20-8-19-14/h8-9H,5-7H2,1-4H3,(H,19,20,22). The van der Waals surface area contributed by atoms with E-state index in [-0.39, 0.29) is 11.2 Å². The van der Waals surface area contributed by atoms with Crippen molar-refractivity contribution in [2.45, 2.75) is 52.7 Å². The van der Waals surface area contributed by atoms with Crippen molar-refractivity contribution in [3.05, 3.63) is 33.5 Å². The Bertz CT molecular complexity index is 1000. The molecular formula is C18H21N3O2S. The molecule has 0 aliphatic carbocycles. The first-order valence-corrected chi connectivity index (χ1v) is 9.12. The van der Waals surface area contributed by atoms with Gasteiger partial charge in [0.15, 0.2) is 0 Å². The molecule has 1 N–H and O–H groups in total. The number of nitrogens with zero attached hydrogens (tertiary/aromatic N) is 2. The van der Waals surface area contributed by atoms with Crippen molar-refractivity contribution in [2.75, 3.05) is 0 Å². The summed E-state index contributed by atoms with van der Waals surface area (Å²) in [4.78, 5) is 25.1. The molecule has 126 valence electrons. The molecule has 0 unspecified atom stereocenters. The maximum absolute atomic E-state index is 12.2. The third-order valence-corrected chi connectivity index (χ3v) is 5.59. The molecule has 1 aliphatic heterocycles. The number of fused-ring (bicyclic) bond motifs is 5. The molecule has 0 saturated carbocycles. The zero-order chi connectivity index (χ0) is 17.1. The summed E-state index contributed by atoms with van der Waals surface area (Å²) in [6, 6.07) is 0. The van der Waals surface area contributed by atoms with Crippen molar-refractivity contribution in [1.82, 2.24) is 15.0 Å². The maximum atomic E-state index is 12.2. The van der Waals surface area contributed by atoms with E-state index in [2.05, 4.69) is 37.7 Å². The smallest absolute Gasteiger partial charge is 0.268 e. The Hall–Kier alpha value is -1.79. The highest BCUT2D eigenvalue weighted by Gasteiger charge is 2.31. The van der Waals surface area contributed by atoms with Gasteiger partial charge in [0.1, 0.15) is 9.53 Å². The third-order valence-electron chi connectivity index (χ3n) is 4.52. The average Bonchev–Trinajstić information content (AvgIpc) is 2.85. The van der Waals surface area contributed by atoms with E-state index in [1.165, 1.54) is 28.8 Å². The van der Waals surface area contributed by atoms with E-state index in [0.29, 0.717) is 17.2 Å². The van der Waals surface area contributed by atoms with Crippen LogP contribution < -0.4 is 5.56 Å². The van der Waals surface area contributed by atoms with E-state index in [9.17, 15) is 4.79 Å². The molecule has 24 heavy (non-hydrogen) atoms. The number of rotatable bonds is 2. The van der Waals surface area contributed by atoms with Gasteiger partial charge in [-0.1, -0.05) is 13.8 Å². The van der Waals surface area contributed by atoms with Gasteiger partial charge in [-0.25, -0.2) is 9.97 Å². The largest absolute Gasteiger partial charge is 0.370 e. The normalized spacial score (nSPS) is 16.9. The number of ether oxygens (including phenoxy) is 1. The Kier molecular flexibility index (Phi) is 3.51. The van der Waals surface area contributed by atoms with Gasteiger partial charge in [-0.05, 0) is 31.7 Å². The van der Waals surface area contributed by atoms with Crippen LogP contribution in [0.5, 0.6) is 0 Å². The van der Waals surface area contributed by atoms with Gasteiger partial charge in [-0.3, -0.25) is 4.79 Å². The second-order valence-corrected chi connectivity index (χ2v) is 8.53. The highest BCUT2D eigenvalue weighted by Crippen LogP contribution is 2.39. The maximum Gasteiger partial charge on any atom is 0.268 e. The first kappa shape index (κ1) is 15.7. The Labute approximate surface area is 144 Å². The van der Waals surface area contributed by atoms with Crippen LogP contribution in [-0.4, -0.2) is 20.6 Å². The van der Waals surface area contributed by atoms with E-state index in [4.69, 9.17) is 9.72 Å². The monoisotopic (exact) mass is 343 g/mol. The Morgan fingerprint density at radius 1 is 1.38 bits per heavy atom. The van der Waals surface area contributed by atoms with E-state index in [0.717, 1.165) is 34.3 Å². The van der Waals surface area contributed by atoms with Crippen molar-refractivity contribution in [2.24, 2.45) is 5.92 Å². The molecule has 0 amide bonds. The summed E-state index contributed by atoms with van der Waals surface area (Å²) >= 11 is 1.44. The van der Waals surface area contributed by atoms with E-state index >= 15 is 0 Å². The molecule has 0 saturated heterocycles. The molecular weight excluding hydrogens is 322 g/mol. The molecule has 0 atom stereocenters. The lowest BCUT2D eigenvalue weighted by Crippen LogP contribution is -2.33. The minimum Gasteiger partial charge on any atom is -0.370 e. The molecule has 0 spiro atoms. The molecule has 0 bridgehead atoms. The Morgan fingerprint density at radius 2 is 2.17 bits per heavy atom. The molecule has 1 aliphatic rings. The molecule has 0 radical (unpaired) electrons. The molecule has 0 fully saturated rings. The van der Waals surface area contributed by atoms with E-state index in [1.54, 1.807) is 0 Å². The lowest BCUT2D eigenvalue weighted by atomic mass is 9.88. The van der Waals surface area contributed by atoms with Gasteiger partial charge in [-0.15, -0.1) is 11.3 Å². The van der Waals surface area contributed by atoms with Crippen molar-refractivity contribution in [3.8, 4) is 0 Å². The second-order valence-electron chi connectivity index (χ2n) is 7.53. The molecule has 3 aromatic rings. The molecule has 6 heteroatoms. The molecule has 4 heterocycles. The van der Waals surface area contributed by atoms with Crippen LogP contribution in [0, 0.1) is 5.92 Å². The number of nitrogens with one attached hydrogen (secondary N) is 1. The van der Waals surface area contributed by atoms with Gasteiger partial charge in [0.25, 0.3) is 5.56 Å². The summed E-state index contributed by atoms with van der Waals surface area (Å²) in [7, 11) is 0. The van der Waals surface area contributed by atoms with Gasteiger partial charge in [0.2, 0.25) is 0 Å². The number of hydrogen-bond donors (Lipinski definition) is 1. The number of thiophene rings is 1. The van der Waals surface area contributed by atoms with E-state index in [1.807, 2.05) is 0 Å². The quantitative estimate of drug-likeness (QED) is 0.772. The highest BCUT2D eigenvalue weighted by molar-refractivity contribution is 7.25. The summed E-state index contributed by atoms with van der Waals surface area (Å²) in [5.74, 6) is 0.518. The van der Waals surface area contributed by atoms with Gasteiger partial charge in [0.05, 0.1) is 24.1 Å². The van der Waals surface area contributed by atoms with Crippen LogP contribution in [0.2, 0.25) is 0 Å². The summed E-state index contributed by atoms with van der Waals surface area (Å²) in [5.41, 5.74) is 4.02. The summed E-state index contributed by atoms with van der Waals surface area (Å²) in [6.45, 7) is 9.19. The molecule has 5 nitrogen and oxygen atoms in total. The number of aromatic nitrogens is 3. The van der Waals surface area contributed by atoms with Crippen molar-refractivity contribution >= 4 is 31.8 Å². The second kappa shape index (κ2) is 5.36. The predicted molar refractivity (Wildman–Crippen MR) is 96.7 cm³/mol. The summed E-state index contributed by atoms with van der Waals surface area (Å²) in [6.07, 6.45) is 3.21. The first-order chi connectivity index (χ1) is 11.4. The SMILES string of the molecule is CC(C)Cc1nc2sc3c(=O)[nH]cnc3c2c2c1COC(C)(C)C2. The van der Waals surface area contributed by atoms with Crippen LogP contribution in [0.15, 0.2) is 11.1 Å². The van der Waals surface area contributed by atoms with Crippen LogP contribution in [-0.2, 0) is 24.2 Å². The van der Waals surface area contributed by atoms with Gasteiger partial charge in [0, 0.05) is 23.1 Å². The lowest BCUT2D eigenvalue weighted by molar-refractivity contribution is -0.0402. The third kappa shape index (κ3) is 2.45. The minimum atomic E-state index is -0.216. The van der Waals surface area contributed by atoms with Gasteiger partial charge >= 0.3 is 0 Å². The Balaban J connectivity index is 2.10. The van der Waals surface area contributed by atoms with Crippen molar-refractivity contribution in [3.63, 3.8) is 0 Å². The fourth-order valence-corrected chi connectivity index (χ4v) is 4.51. The van der Waals surface area contributed by atoms with Gasteiger partial charge < -0.3 is 9.72 Å². The fourth-order valence-electron chi connectivity index (χ4n) is 3.44. The van der Waals surface area contributed by atoms with Crippen LogP contribution in [0.25, 0.3) is 20.4 Å². The lowest BCUT2D eigenvalue weighted by Gasteiger charge is -2.33. The zero-order valence-corrected chi connectivity index (χ0v) is 15.2. The summed E-state index contributed by atoms with van der Waals surface area (Å²) in [5, 5.41) is 1.04. The Morgan fingerprint density at radius 3 is 2.92 bits per heavy atom. The molecule has 4 rings (SSSR count). The molecule has 3 aromatic heterocycles. The predicted octanol–water partition coefficient (Wildman–Crippen LogP) is 3.58. The fraction of sp³-hybridized carbons (Fsp3) is 0.500. The topological polar surface area (TPSA) is 67.9 Å². The van der Waals surface area contributed by atoms with Crippen LogP contribution >= 0.6 is 11.3 Å². The van der Waals surface area contributed by atoms with Gasteiger partial charge in [-0.2, -0.15) is 0 Å². The average molecular weight is 343 g/mol. The minimum absolute atomic E-state index is 0.0894. The molecule has 0 aromatic carbocycles. The zero-order valence-electron chi connectivity index (χ0n) is 14.4. The number of pyridine rings is 1. The van der Waals surface area contributed by atoms with Crippen molar-refractivity contribution in [1.29, 1.82) is 0 Å². The number of hydrogen-bond acceptors (Lipinski definition) is 5. The highest BCUT2D eigenvalue weighted by atomic mass is 32.1.